The van der Waals surface area contributed by atoms with Crippen molar-refractivity contribution in [1.82, 2.24) is 0 Å². The third-order valence-electron chi connectivity index (χ3n) is 2.65. The minimum absolute atomic E-state index is 0.500. The van der Waals surface area contributed by atoms with Crippen LogP contribution in [0.2, 0.25) is 0 Å². The van der Waals surface area contributed by atoms with E-state index in [0.29, 0.717) is 12.2 Å². The van der Waals surface area contributed by atoms with Gasteiger partial charge in [-0.2, -0.15) is 0 Å². The molecule has 0 spiro atoms. The molecule has 2 heteroatoms. The molecule has 2 nitrogen and oxygen atoms in total. The molecule has 15 heavy (non-hydrogen) atoms. The van der Waals surface area contributed by atoms with Gasteiger partial charge in [0.2, 0.25) is 0 Å². The van der Waals surface area contributed by atoms with E-state index in [-0.39, 0.29) is 0 Å². The SMILES string of the molecule is CCCCc1cc(C)c(C)cc1OC=O. The maximum atomic E-state index is 10.4. The first kappa shape index (κ1) is 11.8. The number of carbonyl (C=O) groups is 1. The van der Waals surface area contributed by atoms with Crippen LogP contribution in [0.25, 0.3) is 0 Å². The van der Waals surface area contributed by atoms with E-state index in [1.807, 2.05) is 13.0 Å². The van der Waals surface area contributed by atoms with E-state index < -0.39 is 0 Å². The molecule has 1 aromatic rings. The zero-order valence-electron chi connectivity index (χ0n) is 9.67. The van der Waals surface area contributed by atoms with E-state index in [1.54, 1.807) is 0 Å². The maximum absolute atomic E-state index is 10.4. The van der Waals surface area contributed by atoms with Crippen LogP contribution in [0.1, 0.15) is 36.5 Å². The lowest BCUT2D eigenvalue weighted by Gasteiger charge is -2.10. The van der Waals surface area contributed by atoms with Crippen molar-refractivity contribution in [2.75, 3.05) is 0 Å². The smallest absolute Gasteiger partial charge is 0.298 e. The molecule has 1 aromatic carbocycles. The lowest BCUT2D eigenvalue weighted by molar-refractivity contribution is -0.120. The highest BCUT2D eigenvalue weighted by Crippen LogP contribution is 2.24. The first-order valence-corrected chi connectivity index (χ1v) is 5.39. The van der Waals surface area contributed by atoms with Crippen molar-refractivity contribution < 1.29 is 9.53 Å². The third kappa shape index (κ3) is 3.08. The van der Waals surface area contributed by atoms with E-state index in [0.717, 1.165) is 30.4 Å². The number of aryl methyl sites for hydroxylation is 3. The molecule has 82 valence electrons. The molecular formula is C13H18O2. The second-order valence-electron chi connectivity index (χ2n) is 3.86. The Morgan fingerprint density at radius 3 is 2.53 bits per heavy atom. The Morgan fingerprint density at radius 1 is 1.27 bits per heavy atom. The van der Waals surface area contributed by atoms with E-state index >= 15 is 0 Å². The van der Waals surface area contributed by atoms with Gasteiger partial charge in [0.15, 0.2) is 0 Å². The van der Waals surface area contributed by atoms with Gasteiger partial charge < -0.3 is 4.74 Å². The molecule has 0 heterocycles. The summed E-state index contributed by atoms with van der Waals surface area (Å²) in [5, 5.41) is 0. The molecule has 0 unspecified atom stereocenters. The molecule has 0 aliphatic heterocycles. The second kappa shape index (κ2) is 5.54. The normalized spacial score (nSPS) is 10.1. The fourth-order valence-corrected chi connectivity index (χ4v) is 1.57. The highest BCUT2D eigenvalue weighted by atomic mass is 16.5. The Kier molecular flexibility index (Phi) is 4.35. The van der Waals surface area contributed by atoms with Gasteiger partial charge in [-0.15, -0.1) is 0 Å². The molecular weight excluding hydrogens is 188 g/mol. The number of unbranched alkanes of at least 4 members (excludes halogenated alkanes) is 1. The van der Waals surface area contributed by atoms with Crippen LogP contribution in [0, 0.1) is 13.8 Å². The summed E-state index contributed by atoms with van der Waals surface area (Å²) in [4.78, 5) is 10.4. The van der Waals surface area contributed by atoms with E-state index in [2.05, 4.69) is 19.9 Å². The molecule has 0 N–H and O–H groups in total. The zero-order chi connectivity index (χ0) is 11.3. The monoisotopic (exact) mass is 206 g/mol. The predicted octanol–water partition coefficient (Wildman–Crippen LogP) is 3.18. The quantitative estimate of drug-likeness (QED) is 0.692. The van der Waals surface area contributed by atoms with Crippen LogP contribution >= 0.6 is 0 Å². The van der Waals surface area contributed by atoms with Crippen LogP contribution in [0.5, 0.6) is 5.75 Å². The number of rotatable bonds is 5. The van der Waals surface area contributed by atoms with Crippen molar-refractivity contribution >= 4 is 6.47 Å². The van der Waals surface area contributed by atoms with Crippen LogP contribution in [0.4, 0.5) is 0 Å². The Labute approximate surface area is 91.3 Å². The van der Waals surface area contributed by atoms with Crippen molar-refractivity contribution in [2.24, 2.45) is 0 Å². The molecule has 0 bridgehead atoms. The van der Waals surface area contributed by atoms with Gasteiger partial charge in [0.05, 0.1) is 0 Å². The Hall–Kier alpha value is -1.31. The average molecular weight is 206 g/mol. The van der Waals surface area contributed by atoms with Crippen LogP contribution < -0.4 is 4.74 Å². The standard InChI is InChI=1S/C13H18O2/c1-4-5-6-12-7-10(2)11(3)8-13(12)15-9-14/h7-9H,4-6H2,1-3H3. The minimum Gasteiger partial charge on any atom is -0.428 e. The highest BCUT2D eigenvalue weighted by molar-refractivity contribution is 5.50. The van der Waals surface area contributed by atoms with Gasteiger partial charge in [-0.25, -0.2) is 0 Å². The fraction of sp³-hybridized carbons (Fsp3) is 0.462. The van der Waals surface area contributed by atoms with Crippen LogP contribution in [-0.2, 0) is 11.2 Å². The van der Waals surface area contributed by atoms with E-state index in [9.17, 15) is 4.79 Å². The van der Waals surface area contributed by atoms with Crippen molar-refractivity contribution in [3.05, 3.63) is 28.8 Å². The molecule has 0 aliphatic rings. The van der Waals surface area contributed by atoms with Crippen molar-refractivity contribution in [3.8, 4) is 5.75 Å². The van der Waals surface area contributed by atoms with Gasteiger partial charge in [-0.05, 0) is 49.4 Å². The molecule has 0 fully saturated rings. The van der Waals surface area contributed by atoms with Crippen molar-refractivity contribution in [2.45, 2.75) is 40.0 Å². The van der Waals surface area contributed by atoms with Crippen LogP contribution in [0.3, 0.4) is 0 Å². The minimum atomic E-state index is 0.500. The van der Waals surface area contributed by atoms with Gasteiger partial charge >= 0.3 is 0 Å². The summed E-state index contributed by atoms with van der Waals surface area (Å²) in [6.07, 6.45) is 3.24. The lowest BCUT2D eigenvalue weighted by atomic mass is 10.0. The van der Waals surface area contributed by atoms with E-state index in [1.165, 1.54) is 5.56 Å². The predicted molar refractivity (Wildman–Crippen MR) is 61.2 cm³/mol. The largest absolute Gasteiger partial charge is 0.428 e. The Morgan fingerprint density at radius 2 is 1.93 bits per heavy atom. The number of hydrogen-bond donors (Lipinski definition) is 0. The molecule has 0 saturated heterocycles. The first-order valence-electron chi connectivity index (χ1n) is 5.39. The van der Waals surface area contributed by atoms with E-state index in [4.69, 9.17) is 4.74 Å². The van der Waals surface area contributed by atoms with Crippen LogP contribution in [-0.4, -0.2) is 6.47 Å². The number of carbonyl (C=O) groups excluding carboxylic acids is 1. The fourth-order valence-electron chi connectivity index (χ4n) is 1.57. The van der Waals surface area contributed by atoms with Gasteiger partial charge in [-0.3, -0.25) is 4.79 Å². The molecule has 0 radical (unpaired) electrons. The summed E-state index contributed by atoms with van der Waals surface area (Å²) in [6, 6.07) is 4.05. The molecule has 1 rings (SSSR count). The van der Waals surface area contributed by atoms with Crippen LogP contribution in [0.15, 0.2) is 12.1 Å². The molecule has 0 atom stereocenters. The zero-order valence-corrected chi connectivity index (χ0v) is 9.67. The number of hydrogen-bond acceptors (Lipinski definition) is 2. The molecule has 0 saturated carbocycles. The highest BCUT2D eigenvalue weighted by Gasteiger charge is 2.06. The molecule has 0 aromatic heterocycles. The third-order valence-corrected chi connectivity index (χ3v) is 2.65. The Bertz CT molecular complexity index is 343. The second-order valence-corrected chi connectivity index (χ2v) is 3.86. The van der Waals surface area contributed by atoms with Gasteiger partial charge in [0.25, 0.3) is 6.47 Å². The van der Waals surface area contributed by atoms with Gasteiger partial charge in [0.1, 0.15) is 5.75 Å². The number of ether oxygens (including phenoxy) is 1. The van der Waals surface area contributed by atoms with Gasteiger partial charge in [-0.1, -0.05) is 19.4 Å². The molecule has 0 amide bonds. The topological polar surface area (TPSA) is 26.3 Å². The maximum Gasteiger partial charge on any atom is 0.298 e. The molecule has 0 aliphatic carbocycles. The summed E-state index contributed by atoms with van der Waals surface area (Å²) < 4.78 is 4.99. The number of benzene rings is 1. The van der Waals surface area contributed by atoms with Crippen molar-refractivity contribution in [3.63, 3.8) is 0 Å². The summed E-state index contributed by atoms with van der Waals surface area (Å²) in [6.45, 7) is 6.76. The van der Waals surface area contributed by atoms with Crippen molar-refractivity contribution in [1.29, 1.82) is 0 Å². The van der Waals surface area contributed by atoms with Gasteiger partial charge in [0, 0.05) is 0 Å². The summed E-state index contributed by atoms with van der Waals surface area (Å²) in [5.41, 5.74) is 3.54. The summed E-state index contributed by atoms with van der Waals surface area (Å²) >= 11 is 0. The summed E-state index contributed by atoms with van der Waals surface area (Å²) in [5.74, 6) is 0.710. The summed E-state index contributed by atoms with van der Waals surface area (Å²) in [7, 11) is 0. The first-order chi connectivity index (χ1) is 7.19. The lowest BCUT2D eigenvalue weighted by Crippen LogP contribution is -1.97. The Balaban J connectivity index is 2.98. The average Bonchev–Trinajstić information content (AvgIpc) is 2.21.